The Labute approximate surface area is 168 Å². The number of aliphatic imine (C=N–C) groups is 1. The first-order chi connectivity index (χ1) is 13.7. The van der Waals surface area contributed by atoms with Crippen LogP contribution in [-0.2, 0) is 9.53 Å². The second kappa shape index (κ2) is 8.71. The third kappa shape index (κ3) is 4.34. The van der Waals surface area contributed by atoms with E-state index in [9.17, 15) is 9.18 Å². The molecule has 0 spiro atoms. The molecular formula is C22H21FN2O2S. The third-order valence-electron chi connectivity index (χ3n) is 4.69. The molecule has 2 aromatic rings. The molecular weight excluding hydrogens is 375 g/mol. The molecule has 0 saturated carbocycles. The zero-order valence-electron chi connectivity index (χ0n) is 15.4. The molecule has 0 unspecified atom stereocenters. The molecule has 4 rings (SSSR count). The van der Waals surface area contributed by atoms with Crippen LogP contribution in [0.25, 0.3) is 6.08 Å². The molecule has 2 heterocycles. The second-order valence-corrected chi connectivity index (χ2v) is 7.74. The lowest BCUT2D eigenvalue weighted by molar-refractivity contribution is -0.113. The van der Waals surface area contributed by atoms with Gasteiger partial charge in [0.25, 0.3) is 5.91 Å². The molecule has 0 aromatic heterocycles. The van der Waals surface area contributed by atoms with Gasteiger partial charge in [-0.25, -0.2) is 9.38 Å². The summed E-state index contributed by atoms with van der Waals surface area (Å²) in [6.07, 6.45) is 5.25. The van der Waals surface area contributed by atoms with Crippen molar-refractivity contribution in [2.75, 3.05) is 17.3 Å². The zero-order valence-corrected chi connectivity index (χ0v) is 16.2. The highest BCUT2D eigenvalue weighted by molar-refractivity contribution is 8.14. The Morgan fingerprint density at radius 2 is 1.93 bits per heavy atom. The lowest BCUT2D eigenvalue weighted by Crippen LogP contribution is -2.31. The number of hydrogen-bond donors (Lipinski definition) is 0. The van der Waals surface area contributed by atoms with E-state index >= 15 is 0 Å². The van der Waals surface area contributed by atoms with E-state index in [1.807, 2.05) is 30.3 Å². The summed E-state index contributed by atoms with van der Waals surface area (Å²) in [7, 11) is 0. The van der Waals surface area contributed by atoms with E-state index in [2.05, 4.69) is 4.99 Å². The lowest BCUT2D eigenvalue weighted by atomic mass is 10.1. The van der Waals surface area contributed by atoms with Crippen LogP contribution < -0.4 is 4.90 Å². The van der Waals surface area contributed by atoms with Crippen LogP contribution in [0.2, 0.25) is 0 Å². The molecule has 4 nitrogen and oxygen atoms in total. The molecule has 0 bridgehead atoms. The van der Waals surface area contributed by atoms with Crippen molar-refractivity contribution in [1.82, 2.24) is 0 Å². The maximum absolute atomic E-state index is 13.4. The molecule has 1 atom stereocenters. The molecule has 0 radical (unpaired) electrons. The molecule has 2 aliphatic heterocycles. The van der Waals surface area contributed by atoms with Crippen molar-refractivity contribution in [3.63, 3.8) is 0 Å². The molecule has 6 heteroatoms. The smallest absolute Gasteiger partial charge is 0.283 e. The highest BCUT2D eigenvalue weighted by Crippen LogP contribution is 2.30. The first-order valence-electron chi connectivity index (χ1n) is 9.40. The summed E-state index contributed by atoms with van der Waals surface area (Å²) in [5, 5.41) is 0.605. The number of thioether (sulfide) groups is 1. The quantitative estimate of drug-likeness (QED) is 0.693. The number of carbonyl (C=O) groups is 1. The van der Waals surface area contributed by atoms with E-state index in [1.165, 1.54) is 23.9 Å². The maximum Gasteiger partial charge on any atom is 0.283 e. The molecule has 144 valence electrons. The number of amides is 1. The van der Waals surface area contributed by atoms with Crippen LogP contribution in [-0.4, -0.2) is 29.5 Å². The molecule has 2 aromatic carbocycles. The van der Waals surface area contributed by atoms with E-state index in [1.54, 1.807) is 23.1 Å². The van der Waals surface area contributed by atoms with Crippen molar-refractivity contribution >= 4 is 34.6 Å². The SMILES string of the molecule is O=C1/C(=C\c2ccccc2)N=C(SC[C@@H]2CCCCO2)N1c1ccc(F)cc1. The topological polar surface area (TPSA) is 41.9 Å². The molecule has 28 heavy (non-hydrogen) atoms. The van der Waals surface area contributed by atoms with Crippen molar-refractivity contribution in [2.45, 2.75) is 25.4 Å². The van der Waals surface area contributed by atoms with Gasteiger partial charge in [-0.15, -0.1) is 0 Å². The predicted octanol–water partition coefficient (Wildman–Crippen LogP) is 4.87. The highest BCUT2D eigenvalue weighted by Gasteiger charge is 2.32. The minimum atomic E-state index is -0.336. The number of anilines is 1. The Bertz CT molecular complexity index is 891. The van der Waals surface area contributed by atoms with Gasteiger partial charge in [-0.05, 0) is 55.2 Å². The normalized spacial score (nSPS) is 21.2. The van der Waals surface area contributed by atoms with Crippen LogP contribution in [0.3, 0.4) is 0 Å². The summed E-state index contributed by atoms with van der Waals surface area (Å²) >= 11 is 1.51. The van der Waals surface area contributed by atoms with Gasteiger partial charge >= 0.3 is 0 Å². The van der Waals surface area contributed by atoms with Gasteiger partial charge in [-0.2, -0.15) is 0 Å². The Hall–Kier alpha value is -2.44. The number of benzene rings is 2. The average molecular weight is 396 g/mol. The fourth-order valence-corrected chi connectivity index (χ4v) is 4.30. The Morgan fingerprint density at radius 3 is 2.64 bits per heavy atom. The summed E-state index contributed by atoms with van der Waals surface area (Å²) in [6.45, 7) is 0.789. The number of halogens is 1. The number of rotatable bonds is 4. The predicted molar refractivity (Wildman–Crippen MR) is 112 cm³/mol. The van der Waals surface area contributed by atoms with Gasteiger partial charge in [-0.3, -0.25) is 9.69 Å². The number of nitrogens with zero attached hydrogens (tertiary/aromatic N) is 2. The Kier molecular flexibility index (Phi) is 5.88. The summed E-state index contributed by atoms with van der Waals surface area (Å²) in [4.78, 5) is 19.2. The first kappa shape index (κ1) is 18.9. The molecule has 1 fully saturated rings. The minimum absolute atomic E-state index is 0.175. The number of amidine groups is 1. The monoisotopic (exact) mass is 396 g/mol. The van der Waals surface area contributed by atoms with Crippen molar-refractivity contribution in [3.8, 4) is 0 Å². The zero-order chi connectivity index (χ0) is 19.3. The molecule has 1 amide bonds. The Morgan fingerprint density at radius 1 is 1.14 bits per heavy atom. The van der Waals surface area contributed by atoms with E-state index in [-0.39, 0.29) is 17.8 Å². The van der Waals surface area contributed by atoms with Crippen LogP contribution in [0.5, 0.6) is 0 Å². The van der Waals surface area contributed by atoms with E-state index < -0.39 is 0 Å². The lowest BCUT2D eigenvalue weighted by Gasteiger charge is -2.23. The van der Waals surface area contributed by atoms with Crippen LogP contribution in [0.15, 0.2) is 65.3 Å². The van der Waals surface area contributed by atoms with Crippen LogP contribution in [0, 0.1) is 5.82 Å². The summed E-state index contributed by atoms with van der Waals surface area (Å²) in [5.41, 5.74) is 1.90. The third-order valence-corrected chi connectivity index (χ3v) is 5.76. The highest BCUT2D eigenvalue weighted by atomic mass is 32.2. The molecule has 0 N–H and O–H groups in total. The van der Waals surface area contributed by atoms with Crippen LogP contribution in [0.4, 0.5) is 10.1 Å². The molecule has 0 aliphatic carbocycles. The minimum Gasteiger partial charge on any atom is -0.377 e. The van der Waals surface area contributed by atoms with Gasteiger partial charge < -0.3 is 4.74 Å². The van der Waals surface area contributed by atoms with Gasteiger partial charge in [0, 0.05) is 12.4 Å². The standard InChI is InChI=1S/C22H21FN2O2S/c23-17-9-11-18(12-10-17)25-21(26)20(14-16-6-2-1-3-7-16)24-22(25)28-15-19-8-4-5-13-27-19/h1-3,6-7,9-12,14,19H,4-5,8,13,15H2/b20-14+/t19-/m0/s1. The number of hydrogen-bond acceptors (Lipinski definition) is 4. The van der Waals surface area contributed by atoms with Gasteiger partial charge in [0.05, 0.1) is 11.8 Å². The Balaban J connectivity index is 1.60. The summed E-state index contributed by atoms with van der Waals surface area (Å²) in [5.74, 6) is 0.197. The number of carbonyl (C=O) groups excluding carboxylic acids is 1. The van der Waals surface area contributed by atoms with Gasteiger partial charge in [0.2, 0.25) is 0 Å². The largest absolute Gasteiger partial charge is 0.377 e. The van der Waals surface area contributed by atoms with E-state index in [0.29, 0.717) is 16.6 Å². The van der Waals surface area contributed by atoms with E-state index in [4.69, 9.17) is 4.74 Å². The first-order valence-corrected chi connectivity index (χ1v) is 10.4. The number of ether oxygens (including phenoxy) is 1. The van der Waals surface area contributed by atoms with Crippen LogP contribution in [0.1, 0.15) is 24.8 Å². The van der Waals surface area contributed by atoms with Crippen molar-refractivity contribution in [3.05, 3.63) is 71.7 Å². The molecule has 2 aliphatic rings. The summed E-state index contributed by atoms with van der Waals surface area (Å²) in [6, 6.07) is 15.5. The van der Waals surface area contributed by atoms with Crippen molar-refractivity contribution in [1.29, 1.82) is 0 Å². The fourth-order valence-electron chi connectivity index (χ4n) is 3.22. The second-order valence-electron chi connectivity index (χ2n) is 6.75. The van der Waals surface area contributed by atoms with Gasteiger partial charge in [-0.1, -0.05) is 42.1 Å². The average Bonchev–Trinajstić information content (AvgIpc) is 3.04. The van der Waals surface area contributed by atoms with Crippen molar-refractivity contribution in [2.24, 2.45) is 4.99 Å². The van der Waals surface area contributed by atoms with Gasteiger partial charge in [0.1, 0.15) is 11.5 Å². The van der Waals surface area contributed by atoms with Crippen LogP contribution >= 0.6 is 11.8 Å². The molecule has 1 saturated heterocycles. The fraction of sp³-hybridized carbons (Fsp3) is 0.273. The summed E-state index contributed by atoms with van der Waals surface area (Å²) < 4.78 is 19.2. The maximum atomic E-state index is 13.4. The van der Waals surface area contributed by atoms with E-state index in [0.717, 1.165) is 37.2 Å². The van der Waals surface area contributed by atoms with Gasteiger partial charge in [0.15, 0.2) is 5.17 Å². The van der Waals surface area contributed by atoms with Crippen molar-refractivity contribution < 1.29 is 13.9 Å².